The van der Waals surface area contributed by atoms with Crippen LogP contribution in [0, 0.1) is 13.8 Å². The first-order chi connectivity index (χ1) is 14.8. The molecule has 0 fully saturated rings. The number of carbonyl (C=O) groups excluding carboxylic acids is 1. The molecule has 5 nitrogen and oxygen atoms in total. The lowest BCUT2D eigenvalue weighted by molar-refractivity contribution is 0.0722. The van der Waals surface area contributed by atoms with Crippen molar-refractivity contribution < 1.29 is 9.21 Å². The minimum atomic E-state index is -0.428. The van der Waals surface area contributed by atoms with Crippen molar-refractivity contribution in [2.75, 3.05) is 33.4 Å². The van der Waals surface area contributed by atoms with Crippen LogP contribution in [-0.4, -0.2) is 49.1 Å². The van der Waals surface area contributed by atoms with Crippen molar-refractivity contribution in [2.24, 2.45) is 0 Å². The maximum atomic E-state index is 13.6. The van der Waals surface area contributed by atoms with E-state index in [4.69, 9.17) is 4.42 Å². The number of aryl methyl sites for hydroxylation is 2. The first-order valence-corrected chi connectivity index (χ1v) is 11.7. The molecule has 3 aromatic rings. The Kier molecular flexibility index (Phi) is 5.95. The summed E-state index contributed by atoms with van der Waals surface area (Å²) >= 11 is 1.67. The monoisotopic (exact) mass is 436 g/mol. The summed E-state index contributed by atoms with van der Waals surface area (Å²) < 4.78 is 6.08. The van der Waals surface area contributed by atoms with Crippen molar-refractivity contribution in [1.29, 1.82) is 0 Å². The molecule has 0 spiro atoms. The number of hydrogen-bond donors (Lipinski definition) is 0. The predicted octanol–water partition coefficient (Wildman–Crippen LogP) is 4.63. The van der Waals surface area contributed by atoms with Crippen LogP contribution in [0.3, 0.4) is 0 Å². The van der Waals surface area contributed by atoms with E-state index < -0.39 is 6.04 Å². The van der Waals surface area contributed by atoms with E-state index in [2.05, 4.69) is 4.90 Å². The summed E-state index contributed by atoms with van der Waals surface area (Å²) in [5, 5.41) is 0.538. The number of thioether (sulfide) groups is 1. The summed E-state index contributed by atoms with van der Waals surface area (Å²) in [5.74, 6) is -0.0190. The third-order valence-electron chi connectivity index (χ3n) is 6.02. The molecule has 0 aliphatic carbocycles. The maximum absolute atomic E-state index is 13.6. The maximum Gasteiger partial charge on any atom is 0.290 e. The molecular weight excluding hydrogens is 408 g/mol. The van der Waals surface area contributed by atoms with Crippen molar-refractivity contribution >= 4 is 28.6 Å². The van der Waals surface area contributed by atoms with Gasteiger partial charge < -0.3 is 14.2 Å². The number of amides is 1. The van der Waals surface area contributed by atoms with Gasteiger partial charge in [-0.1, -0.05) is 12.1 Å². The molecule has 0 radical (unpaired) electrons. The first kappa shape index (κ1) is 21.7. The van der Waals surface area contributed by atoms with Gasteiger partial charge in [0.2, 0.25) is 5.76 Å². The predicted molar refractivity (Wildman–Crippen MR) is 126 cm³/mol. The third-order valence-corrected chi connectivity index (χ3v) is 6.76. The Morgan fingerprint density at radius 1 is 1.06 bits per heavy atom. The molecule has 1 aromatic heterocycles. The lowest BCUT2D eigenvalue weighted by Crippen LogP contribution is -2.32. The van der Waals surface area contributed by atoms with Gasteiger partial charge in [-0.15, -0.1) is 11.8 Å². The van der Waals surface area contributed by atoms with Gasteiger partial charge in [0, 0.05) is 11.4 Å². The average Bonchev–Trinajstić information content (AvgIpc) is 3.02. The largest absolute Gasteiger partial charge is 0.450 e. The van der Waals surface area contributed by atoms with Gasteiger partial charge in [-0.3, -0.25) is 9.59 Å². The Balaban J connectivity index is 1.88. The number of benzene rings is 2. The van der Waals surface area contributed by atoms with Gasteiger partial charge in [0.05, 0.1) is 17.0 Å². The molecule has 0 saturated heterocycles. The van der Waals surface area contributed by atoms with Crippen LogP contribution in [0.15, 0.2) is 50.5 Å². The molecule has 2 aromatic carbocycles. The zero-order valence-corrected chi connectivity index (χ0v) is 19.5. The zero-order chi connectivity index (χ0) is 22.3. The quantitative estimate of drug-likeness (QED) is 0.528. The van der Waals surface area contributed by atoms with Gasteiger partial charge >= 0.3 is 0 Å². The van der Waals surface area contributed by atoms with Crippen LogP contribution in [-0.2, 0) is 0 Å². The van der Waals surface area contributed by atoms with E-state index in [0.717, 1.165) is 34.6 Å². The minimum absolute atomic E-state index is 0.109. The second-order valence-electron chi connectivity index (χ2n) is 8.44. The van der Waals surface area contributed by atoms with Gasteiger partial charge in [0.1, 0.15) is 5.58 Å². The van der Waals surface area contributed by atoms with Crippen molar-refractivity contribution in [3.8, 4) is 0 Å². The fraction of sp³-hybridized carbons (Fsp3) is 0.360. The lowest BCUT2D eigenvalue weighted by atomic mass is 9.97. The molecule has 1 aliphatic rings. The summed E-state index contributed by atoms with van der Waals surface area (Å²) in [6.45, 7) is 5.39. The summed E-state index contributed by atoms with van der Waals surface area (Å²) in [6.07, 6.45) is 2.85. The zero-order valence-electron chi connectivity index (χ0n) is 18.7. The molecule has 0 bridgehead atoms. The van der Waals surface area contributed by atoms with E-state index in [0.29, 0.717) is 23.1 Å². The standard InChI is InChI=1S/C25H28N2O3S/c1-15-13-19-20(14-16(15)2)30-24-21(23(19)28)22(17-7-9-18(31-5)10-8-17)27(25(24)29)12-6-11-26(3)4/h7-10,13-14,22H,6,11-12H2,1-5H3. The fourth-order valence-electron chi connectivity index (χ4n) is 4.20. The van der Waals surface area contributed by atoms with E-state index in [1.807, 2.05) is 70.6 Å². The number of fused-ring (bicyclic) bond motifs is 2. The van der Waals surface area contributed by atoms with Crippen LogP contribution >= 0.6 is 11.8 Å². The van der Waals surface area contributed by atoms with E-state index in [1.54, 1.807) is 16.7 Å². The van der Waals surface area contributed by atoms with Crippen LogP contribution in [0.25, 0.3) is 11.0 Å². The highest BCUT2D eigenvalue weighted by molar-refractivity contribution is 7.98. The summed E-state index contributed by atoms with van der Waals surface area (Å²) in [7, 11) is 4.03. The van der Waals surface area contributed by atoms with Gasteiger partial charge in [-0.2, -0.15) is 0 Å². The smallest absolute Gasteiger partial charge is 0.290 e. The first-order valence-electron chi connectivity index (χ1n) is 10.5. The van der Waals surface area contributed by atoms with Crippen LogP contribution in [0.2, 0.25) is 0 Å². The van der Waals surface area contributed by atoms with Gasteiger partial charge in [0.25, 0.3) is 5.91 Å². The molecular formula is C25H28N2O3S. The van der Waals surface area contributed by atoms with E-state index in [-0.39, 0.29) is 17.1 Å². The minimum Gasteiger partial charge on any atom is -0.450 e. The summed E-state index contributed by atoms with van der Waals surface area (Å²) in [5.41, 5.74) is 3.84. The SMILES string of the molecule is CSc1ccc(C2c3c(oc4cc(C)c(C)cc4c3=O)C(=O)N2CCCN(C)C)cc1. The number of rotatable bonds is 6. The van der Waals surface area contributed by atoms with E-state index in [9.17, 15) is 9.59 Å². The van der Waals surface area contributed by atoms with Crippen LogP contribution in [0.4, 0.5) is 0 Å². The second-order valence-corrected chi connectivity index (χ2v) is 9.32. The van der Waals surface area contributed by atoms with Crippen molar-refractivity contribution in [1.82, 2.24) is 9.80 Å². The van der Waals surface area contributed by atoms with Gasteiger partial charge in [-0.25, -0.2) is 0 Å². The number of carbonyl (C=O) groups is 1. The fourth-order valence-corrected chi connectivity index (χ4v) is 4.60. The Morgan fingerprint density at radius 2 is 1.74 bits per heavy atom. The second kappa shape index (κ2) is 8.52. The molecule has 4 rings (SSSR count). The molecule has 2 heterocycles. The summed E-state index contributed by atoms with van der Waals surface area (Å²) in [6, 6.07) is 11.4. The highest BCUT2D eigenvalue weighted by Gasteiger charge is 2.42. The number of hydrogen-bond acceptors (Lipinski definition) is 5. The molecule has 1 unspecified atom stereocenters. The molecule has 31 heavy (non-hydrogen) atoms. The average molecular weight is 437 g/mol. The molecule has 0 N–H and O–H groups in total. The van der Waals surface area contributed by atoms with Crippen molar-refractivity contribution in [2.45, 2.75) is 31.2 Å². The highest BCUT2D eigenvalue weighted by atomic mass is 32.2. The molecule has 1 aliphatic heterocycles. The third kappa shape index (κ3) is 3.90. The molecule has 162 valence electrons. The normalized spacial score (nSPS) is 15.9. The lowest BCUT2D eigenvalue weighted by Gasteiger charge is -2.26. The molecule has 6 heteroatoms. The molecule has 1 amide bonds. The summed E-state index contributed by atoms with van der Waals surface area (Å²) in [4.78, 5) is 32.1. The Labute approximate surface area is 187 Å². The van der Waals surface area contributed by atoms with Crippen LogP contribution in [0.5, 0.6) is 0 Å². The van der Waals surface area contributed by atoms with Gasteiger partial charge in [-0.05, 0) is 88.1 Å². The Morgan fingerprint density at radius 3 is 2.39 bits per heavy atom. The molecule has 0 saturated carbocycles. The van der Waals surface area contributed by atoms with Crippen molar-refractivity contribution in [3.05, 3.63) is 74.6 Å². The molecule has 1 atom stereocenters. The Bertz CT molecular complexity index is 1200. The van der Waals surface area contributed by atoms with E-state index >= 15 is 0 Å². The van der Waals surface area contributed by atoms with Crippen LogP contribution in [0.1, 0.15) is 45.3 Å². The Hall–Kier alpha value is -2.57. The van der Waals surface area contributed by atoms with Crippen LogP contribution < -0.4 is 5.43 Å². The van der Waals surface area contributed by atoms with Crippen molar-refractivity contribution in [3.63, 3.8) is 0 Å². The number of nitrogens with zero attached hydrogens (tertiary/aromatic N) is 2. The van der Waals surface area contributed by atoms with Gasteiger partial charge in [0.15, 0.2) is 5.43 Å². The van der Waals surface area contributed by atoms with E-state index in [1.165, 1.54) is 0 Å². The topological polar surface area (TPSA) is 53.8 Å². The highest BCUT2D eigenvalue weighted by Crippen LogP contribution is 2.38.